The van der Waals surface area contributed by atoms with Gasteiger partial charge < -0.3 is 24.8 Å². The van der Waals surface area contributed by atoms with Crippen LogP contribution in [-0.2, 0) is 11.2 Å². The van der Waals surface area contributed by atoms with E-state index in [2.05, 4.69) is 59.6 Å². The number of amides is 1. The highest BCUT2D eigenvalue weighted by Gasteiger charge is 2.30. The monoisotopic (exact) mass is 415 g/mol. The third kappa shape index (κ3) is 5.30. The lowest BCUT2D eigenvalue weighted by Crippen LogP contribution is -2.41. The highest BCUT2D eigenvalue weighted by molar-refractivity contribution is 5.71. The minimum atomic E-state index is -0.400. The Bertz CT molecular complexity index is 864. The van der Waals surface area contributed by atoms with Crippen LogP contribution in [0.2, 0.25) is 0 Å². The summed E-state index contributed by atoms with van der Waals surface area (Å²) < 4.78 is 10.7. The molecule has 0 radical (unpaired) electrons. The Balaban J connectivity index is 1.82. The van der Waals surface area contributed by atoms with E-state index in [1.54, 1.807) is 0 Å². The van der Waals surface area contributed by atoms with Gasteiger partial charge in [0, 0.05) is 43.3 Å². The average Bonchev–Trinajstić information content (AvgIpc) is 3.13. The van der Waals surface area contributed by atoms with Crippen molar-refractivity contribution in [2.24, 2.45) is 0 Å². The van der Waals surface area contributed by atoms with Crippen LogP contribution in [0.4, 0.5) is 10.5 Å². The van der Waals surface area contributed by atoms with E-state index in [9.17, 15) is 4.79 Å². The van der Waals surface area contributed by atoms with Gasteiger partial charge >= 0.3 is 6.09 Å². The molecular weight excluding hydrogens is 382 g/mol. The van der Waals surface area contributed by atoms with Crippen LogP contribution >= 0.6 is 0 Å². The number of nitrogens with one attached hydrogen (secondary N) is 2. The predicted octanol–water partition coefficient (Wildman–Crippen LogP) is 3.68. The molecule has 1 aromatic heterocycles. The molecule has 0 saturated heterocycles. The minimum Gasteiger partial charge on any atom is -0.447 e. The van der Waals surface area contributed by atoms with Crippen molar-refractivity contribution in [1.82, 2.24) is 20.8 Å². The van der Waals surface area contributed by atoms with Gasteiger partial charge in [0.15, 0.2) is 0 Å². The number of aromatic nitrogens is 2. The number of alkyl carbamates (subject to hydrolysis) is 1. The Morgan fingerprint density at radius 1 is 1.33 bits per heavy atom. The molecule has 8 heteroatoms. The summed E-state index contributed by atoms with van der Waals surface area (Å²) in [5.74, 6) is 1.17. The standard InChI is InChI=1S/C22H33N5O3/c1-13(2)23-10-9-20-25-21(26-30-20)16-7-8-19-17(12-16)18(11-15(5)27(19)6)24-22(28)29-14(3)4/h7-8,12-15,18,23H,9-11H2,1-6H3,(H,24,28). The summed E-state index contributed by atoms with van der Waals surface area (Å²) in [6.07, 6.45) is 0.908. The van der Waals surface area contributed by atoms with Crippen molar-refractivity contribution in [3.63, 3.8) is 0 Å². The zero-order valence-electron chi connectivity index (χ0n) is 18.7. The van der Waals surface area contributed by atoms with Gasteiger partial charge in [-0.25, -0.2) is 4.79 Å². The third-order valence-electron chi connectivity index (χ3n) is 5.27. The number of benzene rings is 1. The van der Waals surface area contributed by atoms with Crippen molar-refractivity contribution in [2.45, 2.75) is 71.7 Å². The van der Waals surface area contributed by atoms with E-state index in [0.29, 0.717) is 24.2 Å². The highest BCUT2D eigenvalue weighted by Crippen LogP contribution is 2.38. The van der Waals surface area contributed by atoms with E-state index in [1.807, 2.05) is 26.0 Å². The van der Waals surface area contributed by atoms with Crippen LogP contribution in [0.25, 0.3) is 11.4 Å². The number of fused-ring (bicyclic) bond motifs is 1. The normalized spacial score (nSPS) is 18.6. The number of carbonyl (C=O) groups is 1. The number of anilines is 1. The molecule has 1 aromatic carbocycles. The summed E-state index contributed by atoms with van der Waals surface area (Å²) in [7, 11) is 2.07. The summed E-state index contributed by atoms with van der Waals surface area (Å²) >= 11 is 0. The van der Waals surface area contributed by atoms with Crippen molar-refractivity contribution in [1.29, 1.82) is 0 Å². The van der Waals surface area contributed by atoms with Crippen molar-refractivity contribution >= 4 is 11.8 Å². The second-order valence-corrected chi connectivity index (χ2v) is 8.49. The Kier molecular flexibility index (Phi) is 6.97. The van der Waals surface area contributed by atoms with Gasteiger partial charge in [-0.1, -0.05) is 19.0 Å². The lowest BCUT2D eigenvalue weighted by Gasteiger charge is -2.38. The topological polar surface area (TPSA) is 92.5 Å². The number of carbonyl (C=O) groups excluding carboxylic acids is 1. The van der Waals surface area contributed by atoms with Crippen LogP contribution in [0.3, 0.4) is 0 Å². The maximum Gasteiger partial charge on any atom is 0.407 e. The van der Waals surface area contributed by atoms with Gasteiger partial charge in [0.25, 0.3) is 0 Å². The van der Waals surface area contributed by atoms with Crippen LogP contribution in [0.1, 0.15) is 58.5 Å². The van der Waals surface area contributed by atoms with Crippen molar-refractivity contribution in [3.05, 3.63) is 29.7 Å². The molecule has 0 saturated carbocycles. The predicted molar refractivity (Wildman–Crippen MR) is 117 cm³/mol. The molecule has 2 aromatic rings. The van der Waals surface area contributed by atoms with Crippen molar-refractivity contribution in [3.8, 4) is 11.4 Å². The largest absolute Gasteiger partial charge is 0.447 e. The van der Waals surface area contributed by atoms with Crippen LogP contribution in [0.15, 0.2) is 22.7 Å². The fourth-order valence-electron chi connectivity index (χ4n) is 3.63. The van der Waals surface area contributed by atoms with Gasteiger partial charge in [0.2, 0.25) is 11.7 Å². The maximum atomic E-state index is 12.2. The molecule has 0 bridgehead atoms. The molecule has 0 spiro atoms. The van der Waals surface area contributed by atoms with E-state index in [1.165, 1.54) is 0 Å². The Hall–Kier alpha value is -2.61. The first-order valence-corrected chi connectivity index (χ1v) is 10.6. The molecule has 8 nitrogen and oxygen atoms in total. The zero-order chi connectivity index (χ0) is 21.8. The first-order valence-electron chi connectivity index (χ1n) is 10.6. The van der Waals surface area contributed by atoms with E-state index in [0.717, 1.165) is 29.8 Å². The molecule has 164 valence electrons. The molecule has 2 heterocycles. The van der Waals surface area contributed by atoms with E-state index < -0.39 is 6.09 Å². The second kappa shape index (κ2) is 9.47. The quantitative estimate of drug-likeness (QED) is 0.712. The number of rotatable bonds is 7. The van der Waals surface area contributed by atoms with Crippen LogP contribution in [0.5, 0.6) is 0 Å². The molecule has 1 aliphatic rings. The molecule has 3 rings (SSSR count). The maximum absolute atomic E-state index is 12.2. The molecule has 0 fully saturated rings. The molecule has 0 aliphatic carbocycles. The minimum absolute atomic E-state index is 0.140. The molecule has 1 aliphatic heterocycles. The molecule has 30 heavy (non-hydrogen) atoms. The Morgan fingerprint density at radius 2 is 2.10 bits per heavy atom. The van der Waals surface area contributed by atoms with Crippen molar-refractivity contribution in [2.75, 3.05) is 18.5 Å². The first-order chi connectivity index (χ1) is 14.2. The Labute approximate surface area is 178 Å². The smallest absolute Gasteiger partial charge is 0.407 e. The molecule has 2 unspecified atom stereocenters. The zero-order valence-corrected chi connectivity index (χ0v) is 18.7. The summed E-state index contributed by atoms with van der Waals surface area (Å²) in [5, 5.41) is 10.5. The SMILES string of the molecule is CC(C)NCCc1nc(-c2ccc3c(c2)C(NC(=O)OC(C)C)CC(C)N3C)no1. The Morgan fingerprint density at radius 3 is 2.80 bits per heavy atom. The number of ether oxygens (including phenoxy) is 1. The van der Waals surface area contributed by atoms with Gasteiger partial charge in [-0.05, 0) is 51.0 Å². The van der Waals surface area contributed by atoms with Crippen LogP contribution in [0, 0.1) is 0 Å². The first kappa shape index (κ1) is 22.1. The fourth-order valence-corrected chi connectivity index (χ4v) is 3.63. The summed E-state index contributed by atoms with van der Waals surface area (Å²) in [6.45, 7) is 10.8. The van der Waals surface area contributed by atoms with Crippen LogP contribution < -0.4 is 15.5 Å². The number of hydrogen-bond acceptors (Lipinski definition) is 7. The van der Waals surface area contributed by atoms with Gasteiger partial charge in [0.05, 0.1) is 12.1 Å². The van der Waals surface area contributed by atoms with Gasteiger partial charge in [-0.15, -0.1) is 0 Å². The van der Waals surface area contributed by atoms with E-state index >= 15 is 0 Å². The number of nitrogens with zero attached hydrogens (tertiary/aromatic N) is 3. The third-order valence-corrected chi connectivity index (χ3v) is 5.27. The summed E-state index contributed by atoms with van der Waals surface area (Å²) in [5.41, 5.74) is 2.98. The van der Waals surface area contributed by atoms with Gasteiger partial charge in [0.1, 0.15) is 0 Å². The van der Waals surface area contributed by atoms with Gasteiger partial charge in [-0.2, -0.15) is 4.98 Å². The average molecular weight is 416 g/mol. The molecule has 2 atom stereocenters. The molecular formula is C22H33N5O3. The lowest BCUT2D eigenvalue weighted by molar-refractivity contribution is 0.111. The van der Waals surface area contributed by atoms with Crippen molar-refractivity contribution < 1.29 is 14.1 Å². The molecule has 1 amide bonds. The fraction of sp³-hybridized carbons (Fsp3) is 0.591. The summed E-state index contributed by atoms with van der Waals surface area (Å²) in [4.78, 5) is 19.0. The van der Waals surface area contributed by atoms with Crippen LogP contribution in [-0.4, -0.2) is 48.0 Å². The van der Waals surface area contributed by atoms with E-state index in [4.69, 9.17) is 9.26 Å². The van der Waals surface area contributed by atoms with Gasteiger partial charge in [-0.3, -0.25) is 0 Å². The van der Waals surface area contributed by atoms with E-state index in [-0.39, 0.29) is 18.2 Å². The molecule has 2 N–H and O–H groups in total. The lowest BCUT2D eigenvalue weighted by atomic mass is 9.91. The second-order valence-electron chi connectivity index (χ2n) is 8.49. The highest BCUT2D eigenvalue weighted by atomic mass is 16.6. The number of hydrogen-bond donors (Lipinski definition) is 2. The summed E-state index contributed by atoms with van der Waals surface area (Å²) in [6, 6.07) is 6.66.